The Labute approximate surface area is 242 Å². The first-order valence-electron chi connectivity index (χ1n) is 14.8. The minimum atomic E-state index is -3.52. The average Bonchev–Trinajstić information content (AvgIpc) is 3.44. The quantitative estimate of drug-likeness (QED) is 0.478. The van der Waals surface area contributed by atoms with Gasteiger partial charge in [-0.25, -0.2) is 13.4 Å². The standard InChI is InChI=1S/C31H38N6O3S/c1-30(37-13-5-4-6-14-37)12-15-36(20-30)28-25(34-41(3,39)40)17-22(18-33-28)21-8-9-24-23(16-21)27-26(19-32-24)35(2)29(38)31(27)10-7-11-31/h8-9,16-19,34H,4-7,10-15,20H2,1-3H3. The lowest BCUT2D eigenvalue weighted by atomic mass is 9.64. The topological polar surface area (TPSA) is 98.7 Å². The highest BCUT2D eigenvalue weighted by atomic mass is 32.2. The molecular weight excluding hydrogens is 536 g/mol. The number of piperidine rings is 1. The van der Waals surface area contributed by atoms with Gasteiger partial charge in [-0.2, -0.15) is 0 Å². The summed E-state index contributed by atoms with van der Waals surface area (Å²) in [6.07, 6.45) is 12.4. The van der Waals surface area contributed by atoms with Gasteiger partial charge in [0.2, 0.25) is 15.9 Å². The molecule has 3 aliphatic heterocycles. The molecule has 3 fully saturated rings. The molecule has 10 heteroatoms. The lowest BCUT2D eigenvalue weighted by Crippen LogP contribution is -2.50. The summed E-state index contributed by atoms with van der Waals surface area (Å²) in [5, 5.41) is 0.982. The van der Waals surface area contributed by atoms with E-state index in [-0.39, 0.29) is 11.4 Å². The number of amides is 1. The highest BCUT2D eigenvalue weighted by molar-refractivity contribution is 7.92. The minimum Gasteiger partial charge on any atom is -0.353 e. The molecule has 0 bridgehead atoms. The van der Waals surface area contributed by atoms with Gasteiger partial charge < -0.3 is 9.80 Å². The number of hydrogen-bond acceptors (Lipinski definition) is 7. The fourth-order valence-corrected chi connectivity index (χ4v) is 8.16. The molecule has 1 aromatic carbocycles. The van der Waals surface area contributed by atoms with Crippen LogP contribution in [0.15, 0.2) is 36.7 Å². The highest BCUT2D eigenvalue weighted by Gasteiger charge is 2.54. The molecular formula is C31H38N6O3S. The molecule has 216 valence electrons. The number of rotatable bonds is 5. The molecule has 2 saturated heterocycles. The summed E-state index contributed by atoms with van der Waals surface area (Å²) in [7, 11) is -1.68. The van der Waals surface area contributed by atoms with E-state index in [1.807, 2.05) is 37.6 Å². The maximum atomic E-state index is 13.3. The number of likely N-dealkylation sites (N-methyl/N-ethyl adjacent to an activating group) is 1. The number of nitrogens with zero attached hydrogens (tertiary/aromatic N) is 5. The van der Waals surface area contributed by atoms with Crippen LogP contribution < -0.4 is 14.5 Å². The van der Waals surface area contributed by atoms with E-state index in [4.69, 9.17) is 4.98 Å². The van der Waals surface area contributed by atoms with E-state index >= 15 is 0 Å². The van der Waals surface area contributed by atoms with Crippen LogP contribution in [-0.4, -0.2) is 74.2 Å². The lowest BCUT2D eigenvalue weighted by Gasteiger charge is -2.41. The molecule has 41 heavy (non-hydrogen) atoms. The third kappa shape index (κ3) is 4.29. The van der Waals surface area contributed by atoms with E-state index < -0.39 is 15.4 Å². The summed E-state index contributed by atoms with van der Waals surface area (Å²) in [5.74, 6) is 0.829. The number of likely N-dealkylation sites (tertiary alicyclic amines) is 1. The molecule has 3 aromatic rings. The summed E-state index contributed by atoms with van der Waals surface area (Å²) in [6, 6.07) is 7.98. The van der Waals surface area contributed by atoms with Gasteiger partial charge >= 0.3 is 0 Å². The first-order valence-corrected chi connectivity index (χ1v) is 16.7. The SMILES string of the molecule is CN1C(=O)C2(CCC2)c2c1cnc1ccc(-c3cnc(N4CCC(C)(N5CCCCC5)C4)c(NS(C)(=O)=O)c3)cc21. The van der Waals surface area contributed by atoms with Crippen LogP contribution in [0.1, 0.15) is 57.4 Å². The molecule has 1 saturated carbocycles. The van der Waals surface area contributed by atoms with Crippen molar-refractivity contribution in [2.45, 2.75) is 62.8 Å². The van der Waals surface area contributed by atoms with Crippen LogP contribution in [0.3, 0.4) is 0 Å². The zero-order valence-electron chi connectivity index (χ0n) is 24.1. The fraction of sp³-hybridized carbons (Fsp3) is 0.516. The Kier molecular flexibility index (Phi) is 6.10. The summed E-state index contributed by atoms with van der Waals surface area (Å²) < 4.78 is 27.7. The molecule has 1 N–H and O–H groups in total. The van der Waals surface area contributed by atoms with Crippen molar-refractivity contribution in [2.75, 3.05) is 54.0 Å². The fourth-order valence-electron chi connectivity index (χ4n) is 7.61. The van der Waals surface area contributed by atoms with Crippen LogP contribution in [0, 0.1) is 0 Å². The number of nitrogens with one attached hydrogen (secondary N) is 1. The van der Waals surface area contributed by atoms with Gasteiger partial charge in [0.05, 0.1) is 34.8 Å². The number of fused-ring (bicyclic) bond motifs is 4. The number of anilines is 3. The van der Waals surface area contributed by atoms with Gasteiger partial charge in [-0.1, -0.05) is 18.9 Å². The molecule has 5 heterocycles. The summed E-state index contributed by atoms with van der Waals surface area (Å²) in [4.78, 5) is 29.4. The van der Waals surface area contributed by atoms with Gasteiger partial charge in [0.15, 0.2) is 5.82 Å². The number of sulfonamides is 1. The van der Waals surface area contributed by atoms with E-state index in [0.717, 1.165) is 85.1 Å². The van der Waals surface area contributed by atoms with E-state index in [9.17, 15) is 13.2 Å². The zero-order chi connectivity index (χ0) is 28.6. The van der Waals surface area contributed by atoms with Crippen molar-refractivity contribution in [3.63, 3.8) is 0 Å². The van der Waals surface area contributed by atoms with Crippen molar-refractivity contribution in [1.82, 2.24) is 14.9 Å². The maximum absolute atomic E-state index is 13.3. The summed E-state index contributed by atoms with van der Waals surface area (Å²) >= 11 is 0. The van der Waals surface area contributed by atoms with Gasteiger partial charge in [-0.3, -0.25) is 19.4 Å². The Hall–Kier alpha value is -3.24. The van der Waals surface area contributed by atoms with Crippen molar-refractivity contribution in [1.29, 1.82) is 0 Å². The monoisotopic (exact) mass is 574 g/mol. The first kappa shape index (κ1) is 26.6. The van der Waals surface area contributed by atoms with Crippen molar-refractivity contribution >= 4 is 44.0 Å². The summed E-state index contributed by atoms with van der Waals surface area (Å²) in [6.45, 7) is 6.21. The van der Waals surface area contributed by atoms with Crippen molar-refractivity contribution in [2.24, 2.45) is 0 Å². The van der Waals surface area contributed by atoms with E-state index in [2.05, 4.69) is 32.5 Å². The molecule has 9 nitrogen and oxygen atoms in total. The van der Waals surface area contributed by atoms with Gasteiger partial charge in [-0.05, 0) is 75.9 Å². The molecule has 4 aliphatic rings. The van der Waals surface area contributed by atoms with Crippen LogP contribution in [0.4, 0.5) is 17.2 Å². The number of pyridine rings is 2. The molecule has 7 rings (SSSR count). The Morgan fingerprint density at radius 1 is 0.927 bits per heavy atom. The molecule has 2 aromatic heterocycles. The highest BCUT2D eigenvalue weighted by Crippen LogP contribution is 2.55. The second-order valence-electron chi connectivity index (χ2n) is 12.7. The molecule has 1 atom stereocenters. The Morgan fingerprint density at radius 2 is 1.71 bits per heavy atom. The van der Waals surface area contributed by atoms with Crippen LogP contribution in [0.2, 0.25) is 0 Å². The Bertz CT molecular complexity index is 1660. The van der Waals surface area contributed by atoms with Gasteiger partial charge in [0, 0.05) is 48.4 Å². The molecule has 1 spiro atoms. The second kappa shape index (κ2) is 9.39. The van der Waals surface area contributed by atoms with Gasteiger partial charge in [0.25, 0.3) is 0 Å². The van der Waals surface area contributed by atoms with Crippen LogP contribution in [0.25, 0.3) is 22.0 Å². The normalized spacial score (nSPS) is 24.2. The van der Waals surface area contributed by atoms with E-state index in [0.29, 0.717) is 11.5 Å². The predicted molar refractivity (Wildman–Crippen MR) is 163 cm³/mol. The molecule has 1 amide bonds. The van der Waals surface area contributed by atoms with E-state index in [1.165, 1.54) is 25.5 Å². The smallest absolute Gasteiger partial charge is 0.237 e. The van der Waals surface area contributed by atoms with E-state index in [1.54, 1.807) is 4.90 Å². The number of carbonyl (C=O) groups excluding carboxylic acids is 1. The number of hydrogen-bond donors (Lipinski definition) is 1. The average molecular weight is 575 g/mol. The van der Waals surface area contributed by atoms with Gasteiger partial charge in [-0.15, -0.1) is 0 Å². The third-order valence-corrected chi connectivity index (χ3v) is 10.6. The Morgan fingerprint density at radius 3 is 2.41 bits per heavy atom. The van der Waals surface area contributed by atoms with Crippen molar-refractivity contribution in [3.8, 4) is 11.1 Å². The number of aromatic nitrogens is 2. The van der Waals surface area contributed by atoms with Crippen molar-refractivity contribution < 1.29 is 13.2 Å². The van der Waals surface area contributed by atoms with Crippen molar-refractivity contribution in [3.05, 3.63) is 42.2 Å². The third-order valence-electron chi connectivity index (χ3n) is 9.98. The molecule has 0 radical (unpaired) electrons. The predicted octanol–water partition coefficient (Wildman–Crippen LogP) is 4.52. The zero-order valence-corrected chi connectivity index (χ0v) is 24.9. The van der Waals surface area contributed by atoms with Crippen LogP contribution in [-0.2, 0) is 20.2 Å². The maximum Gasteiger partial charge on any atom is 0.237 e. The second-order valence-corrected chi connectivity index (χ2v) is 14.5. The first-order chi connectivity index (χ1) is 19.6. The van der Waals surface area contributed by atoms with Gasteiger partial charge in [0.1, 0.15) is 0 Å². The minimum absolute atomic E-state index is 0.0525. The number of benzene rings is 1. The number of carbonyl (C=O) groups is 1. The largest absolute Gasteiger partial charge is 0.353 e. The Balaban J connectivity index is 1.28. The lowest BCUT2D eigenvalue weighted by molar-refractivity contribution is -0.125. The molecule has 1 unspecified atom stereocenters. The van der Waals surface area contributed by atoms with Crippen LogP contribution >= 0.6 is 0 Å². The summed E-state index contributed by atoms with van der Waals surface area (Å²) in [5.41, 5.74) is 4.65. The molecule has 1 aliphatic carbocycles. The van der Waals surface area contributed by atoms with Crippen LogP contribution in [0.5, 0.6) is 0 Å².